The van der Waals surface area contributed by atoms with Crippen LogP contribution in [0.2, 0.25) is 0 Å². The van der Waals surface area contributed by atoms with Crippen LogP contribution >= 0.6 is 11.3 Å². The molecule has 0 saturated heterocycles. The summed E-state index contributed by atoms with van der Waals surface area (Å²) < 4.78 is 8.46. The number of pyridine rings is 1. The summed E-state index contributed by atoms with van der Waals surface area (Å²) in [6, 6.07) is 7.18. The standard InChI is InChI=1S/C20H23N3O3S/c1-12-10-14-16(27-12)11-15(23(14)5)19(25)26-17(13-6-8-21-9-7-13)18(24)22-20(2,3)4/h6-11,17H,1-5H3,(H,22,24)/t17-/m0/s1. The third-order valence-electron chi connectivity index (χ3n) is 4.03. The van der Waals surface area contributed by atoms with E-state index >= 15 is 0 Å². The molecule has 0 saturated carbocycles. The number of aromatic nitrogens is 2. The molecule has 0 fully saturated rings. The van der Waals surface area contributed by atoms with E-state index < -0.39 is 17.6 Å². The van der Waals surface area contributed by atoms with Crippen LogP contribution in [0.1, 0.15) is 47.8 Å². The first-order chi connectivity index (χ1) is 12.7. The lowest BCUT2D eigenvalue weighted by Gasteiger charge is -2.25. The molecule has 0 bridgehead atoms. The van der Waals surface area contributed by atoms with Crippen molar-refractivity contribution < 1.29 is 14.3 Å². The van der Waals surface area contributed by atoms with Crippen molar-refractivity contribution in [1.29, 1.82) is 0 Å². The summed E-state index contributed by atoms with van der Waals surface area (Å²) in [6.45, 7) is 7.66. The van der Waals surface area contributed by atoms with E-state index in [9.17, 15) is 9.59 Å². The van der Waals surface area contributed by atoms with Gasteiger partial charge >= 0.3 is 5.97 Å². The molecule has 1 amide bonds. The van der Waals surface area contributed by atoms with Crippen LogP contribution in [0.15, 0.2) is 36.7 Å². The highest BCUT2D eigenvalue weighted by Gasteiger charge is 2.29. The van der Waals surface area contributed by atoms with Gasteiger partial charge in [0.25, 0.3) is 5.91 Å². The van der Waals surface area contributed by atoms with E-state index in [0.29, 0.717) is 11.3 Å². The number of esters is 1. The van der Waals surface area contributed by atoms with Gasteiger partial charge in [-0.3, -0.25) is 9.78 Å². The smallest absolute Gasteiger partial charge is 0.356 e. The molecule has 0 aliphatic heterocycles. The molecule has 6 nitrogen and oxygen atoms in total. The summed E-state index contributed by atoms with van der Waals surface area (Å²) in [5, 5.41) is 2.88. The number of amides is 1. The second-order valence-electron chi connectivity index (χ2n) is 7.50. The maximum Gasteiger partial charge on any atom is 0.356 e. The van der Waals surface area contributed by atoms with Crippen LogP contribution in [-0.2, 0) is 16.6 Å². The summed E-state index contributed by atoms with van der Waals surface area (Å²) in [7, 11) is 1.82. The minimum absolute atomic E-state index is 0.367. The molecule has 1 N–H and O–H groups in total. The van der Waals surface area contributed by atoms with Gasteiger partial charge in [0, 0.05) is 35.4 Å². The Morgan fingerprint density at radius 3 is 2.48 bits per heavy atom. The van der Waals surface area contributed by atoms with Crippen molar-refractivity contribution >= 4 is 33.4 Å². The lowest BCUT2D eigenvalue weighted by atomic mass is 10.1. The SMILES string of the molecule is Cc1cc2c(cc(C(=O)O[C@H](C(=O)NC(C)(C)C)c3ccncc3)n2C)s1. The van der Waals surface area contributed by atoms with Crippen LogP contribution in [-0.4, -0.2) is 27.0 Å². The first-order valence-corrected chi connectivity index (χ1v) is 9.46. The highest BCUT2D eigenvalue weighted by Crippen LogP contribution is 2.29. The Labute approximate surface area is 162 Å². The second-order valence-corrected chi connectivity index (χ2v) is 8.79. The van der Waals surface area contributed by atoms with Crippen LogP contribution in [0.5, 0.6) is 0 Å². The predicted molar refractivity (Wildman–Crippen MR) is 106 cm³/mol. The number of nitrogens with one attached hydrogen (secondary N) is 1. The van der Waals surface area contributed by atoms with Crippen LogP contribution < -0.4 is 5.32 Å². The lowest BCUT2D eigenvalue weighted by Crippen LogP contribution is -2.44. The largest absolute Gasteiger partial charge is 0.443 e. The summed E-state index contributed by atoms with van der Waals surface area (Å²) >= 11 is 1.62. The van der Waals surface area contributed by atoms with Crippen LogP contribution in [0, 0.1) is 6.92 Å². The molecule has 0 aliphatic rings. The van der Waals surface area contributed by atoms with Crippen LogP contribution in [0.25, 0.3) is 10.2 Å². The van der Waals surface area contributed by atoms with E-state index in [2.05, 4.69) is 10.3 Å². The molecule has 0 radical (unpaired) electrons. The Balaban J connectivity index is 1.90. The zero-order valence-electron chi connectivity index (χ0n) is 16.1. The van der Waals surface area contributed by atoms with Crippen molar-refractivity contribution in [2.75, 3.05) is 0 Å². The maximum absolute atomic E-state index is 12.8. The number of thiophene rings is 1. The molecule has 0 spiro atoms. The number of ether oxygens (including phenoxy) is 1. The Hall–Kier alpha value is -2.67. The van der Waals surface area contributed by atoms with Gasteiger partial charge in [0.05, 0.1) is 10.2 Å². The average molecular weight is 385 g/mol. The number of fused-ring (bicyclic) bond motifs is 1. The normalized spacial score (nSPS) is 12.8. The summed E-state index contributed by atoms with van der Waals surface area (Å²) in [5.74, 6) is -0.904. The van der Waals surface area contributed by atoms with Crippen molar-refractivity contribution in [1.82, 2.24) is 14.9 Å². The molecular weight excluding hydrogens is 362 g/mol. The van der Waals surface area contributed by atoms with E-state index in [4.69, 9.17) is 4.74 Å². The van der Waals surface area contributed by atoms with Gasteiger partial charge in [-0.05, 0) is 52.0 Å². The fraction of sp³-hybridized carbons (Fsp3) is 0.350. The molecule has 3 aromatic rings. The number of nitrogens with zero attached hydrogens (tertiary/aromatic N) is 2. The zero-order valence-corrected chi connectivity index (χ0v) is 16.9. The van der Waals surface area contributed by atoms with E-state index in [-0.39, 0.29) is 5.91 Å². The van der Waals surface area contributed by atoms with E-state index in [1.54, 1.807) is 46.5 Å². The number of carbonyl (C=O) groups excluding carboxylic acids is 2. The molecule has 7 heteroatoms. The Morgan fingerprint density at radius 2 is 1.89 bits per heavy atom. The fourth-order valence-corrected chi connectivity index (χ4v) is 3.83. The number of hydrogen-bond acceptors (Lipinski definition) is 5. The van der Waals surface area contributed by atoms with Gasteiger partial charge < -0.3 is 14.6 Å². The van der Waals surface area contributed by atoms with Gasteiger partial charge in [-0.25, -0.2) is 4.79 Å². The number of carbonyl (C=O) groups is 2. The summed E-state index contributed by atoms with van der Waals surface area (Å²) in [5.41, 5.74) is 1.52. The Kier molecular flexibility index (Phi) is 5.06. The van der Waals surface area contributed by atoms with E-state index in [0.717, 1.165) is 10.2 Å². The molecule has 3 rings (SSSR count). The van der Waals surface area contributed by atoms with Gasteiger partial charge in [0.1, 0.15) is 5.69 Å². The third-order valence-corrected chi connectivity index (χ3v) is 5.02. The minimum atomic E-state index is -1.05. The molecule has 0 aromatic carbocycles. The van der Waals surface area contributed by atoms with Crippen molar-refractivity contribution in [3.05, 3.63) is 52.8 Å². The second kappa shape index (κ2) is 7.15. The number of hydrogen-bond donors (Lipinski definition) is 1. The quantitative estimate of drug-likeness (QED) is 0.694. The van der Waals surface area contributed by atoms with E-state index in [1.807, 2.05) is 40.8 Å². The van der Waals surface area contributed by atoms with Gasteiger partial charge in [-0.1, -0.05) is 0 Å². The molecule has 1 atom stereocenters. The molecular formula is C20H23N3O3S. The van der Waals surface area contributed by atoms with E-state index in [1.165, 1.54) is 4.88 Å². The number of aryl methyl sites for hydroxylation is 2. The summed E-state index contributed by atoms with van der Waals surface area (Å²) in [6.07, 6.45) is 2.10. The molecule has 27 heavy (non-hydrogen) atoms. The van der Waals surface area contributed by atoms with Gasteiger partial charge in [-0.2, -0.15) is 0 Å². The van der Waals surface area contributed by atoms with Crippen LogP contribution in [0.4, 0.5) is 0 Å². The van der Waals surface area contributed by atoms with Crippen molar-refractivity contribution in [2.45, 2.75) is 39.3 Å². The molecule has 0 unspecified atom stereocenters. The fourth-order valence-electron chi connectivity index (χ4n) is 2.84. The average Bonchev–Trinajstić information content (AvgIpc) is 3.09. The van der Waals surface area contributed by atoms with Gasteiger partial charge in [0.15, 0.2) is 0 Å². The molecule has 3 heterocycles. The van der Waals surface area contributed by atoms with Crippen molar-refractivity contribution in [3.63, 3.8) is 0 Å². The predicted octanol–water partition coefficient (Wildman–Crippen LogP) is 3.76. The highest BCUT2D eigenvalue weighted by molar-refractivity contribution is 7.19. The molecule has 3 aromatic heterocycles. The van der Waals surface area contributed by atoms with Crippen molar-refractivity contribution in [2.24, 2.45) is 7.05 Å². The Morgan fingerprint density at radius 1 is 1.22 bits per heavy atom. The zero-order chi connectivity index (χ0) is 19.8. The monoisotopic (exact) mass is 385 g/mol. The first-order valence-electron chi connectivity index (χ1n) is 8.64. The third kappa shape index (κ3) is 4.19. The minimum Gasteiger partial charge on any atom is -0.443 e. The summed E-state index contributed by atoms with van der Waals surface area (Å²) in [4.78, 5) is 30.7. The first kappa shape index (κ1) is 19.1. The Bertz CT molecular complexity index is 983. The van der Waals surface area contributed by atoms with Gasteiger partial charge in [-0.15, -0.1) is 11.3 Å². The maximum atomic E-state index is 12.8. The van der Waals surface area contributed by atoms with Crippen LogP contribution in [0.3, 0.4) is 0 Å². The molecule has 0 aliphatic carbocycles. The number of rotatable bonds is 4. The highest BCUT2D eigenvalue weighted by atomic mass is 32.1. The molecule has 142 valence electrons. The lowest BCUT2D eigenvalue weighted by molar-refractivity contribution is -0.131. The van der Waals surface area contributed by atoms with Crippen molar-refractivity contribution in [3.8, 4) is 0 Å². The topological polar surface area (TPSA) is 73.2 Å². The van der Waals surface area contributed by atoms with Gasteiger partial charge in [0.2, 0.25) is 6.10 Å².